The van der Waals surface area contributed by atoms with Gasteiger partial charge < -0.3 is 5.32 Å². The van der Waals surface area contributed by atoms with Gasteiger partial charge in [0.2, 0.25) is 0 Å². The quantitative estimate of drug-likeness (QED) is 0.749. The minimum Gasteiger partial charge on any atom is -0.378 e. The van der Waals surface area contributed by atoms with E-state index >= 15 is 0 Å². The topological polar surface area (TPSA) is 12.0 Å². The Kier molecular flexibility index (Phi) is 3.25. The number of allylic oxidation sites excluding steroid dienone is 2. The van der Waals surface area contributed by atoms with Gasteiger partial charge in [-0.3, -0.25) is 0 Å². The van der Waals surface area contributed by atoms with Gasteiger partial charge >= 0.3 is 0 Å². The number of aryl methyl sites for hydroxylation is 1. The molecule has 0 spiro atoms. The second-order valence-electron chi connectivity index (χ2n) is 6.27. The molecule has 1 heterocycles. The van der Waals surface area contributed by atoms with Crippen LogP contribution in [-0.2, 0) is 6.42 Å². The van der Waals surface area contributed by atoms with E-state index in [0.29, 0.717) is 11.8 Å². The van der Waals surface area contributed by atoms with Crippen LogP contribution >= 0.6 is 0 Å². The maximum Gasteiger partial charge on any atom is 0.128 e. The summed E-state index contributed by atoms with van der Waals surface area (Å²) in [5, 5.41) is 3.60. The van der Waals surface area contributed by atoms with E-state index in [1.807, 2.05) is 12.1 Å². The maximum absolute atomic E-state index is 14.3. The molecule has 22 heavy (non-hydrogen) atoms. The Morgan fingerprint density at radius 1 is 1.14 bits per heavy atom. The van der Waals surface area contributed by atoms with Gasteiger partial charge in [-0.1, -0.05) is 49.4 Å². The first-order valence-corrected chi connectivity index (χ1v) is 8.08. The van der Waals surface area contributed by atoms with Crippen LogP contribution in [0.15, 0.2) is 54.6 Å². The molecule has 2 heteroatoms. The summed E-state index contributed by atoms with van der Waals surface area (Å²) in [5.41, 5.74) is 4.67. The van der Waals surface area contributed by atoms with Crippen molar-refractivity contribution in [2.24, 2.45) is 5.92 Å². The van der Waals surface area contributed by atoms with Gasteiger partial charge in [0.15, 0.2) is 0 Å². The lowest BCUT2D eigenvalue weighted by atomic mass is 9.76. The average molecular weight is 293 g/mol. The Hall–Kier alpha value is -2.09. The van der Waals surface area contributed by atoms with E-state index in [0.717, 1.165) is 24.1 Å². The van der Waals surface area contributed by atoms with Crippen LogP contribution in [0.2, 0.25) is 0 Å². The molecule has 1 aliphatic carbocycles. The molecule has 0 unspecified atom stereocenters. The van der Waals surface area contributed by atoms with E-state index in [1.54, 1.807) is 12.1 Å². The van der Waals surface area contributed by atoms with Crippen LogP contribution in [0.5, 0.6) is 0 Å². The third-order valence-electron chi connectivity index (χ3n) is 5.08. The molecule has 2 aliphatic rings. The Morgan fingerprint density at radius 2 is 2.00 bits per heavy atom. The highest BCUT2D eigenvalue weighted by atomic mass is 19.1. The lowest BCUT2D eigenvalue weighted by Crippen LogP contribution is -2.29. The zero-order valence-electron chi connectivity index (χ0n) is 12.7. The Bertz CT molecular complexity index is 734. The van der Waals surface area contributed by atoms with Crippen LogP contribution in [0, 0.1) is 11.7 Å². The molecule has 3 atom stereocenters. The highest BCUT2D eigenvalue weighted by Crippen LogP contribution is 2.50. The minimum atomic E-state index is -0.112. The first kappa shape index (κ1) is 13.6. The summed E-state index contributed by atoms with van der Waals surface area (Å²) in [6, 6.07) is 13.8. The SMILES string of the molecule is CCc1ccc2c(c1)[C@@H]1C=CC[C@@H]1[C@H](c1ccccc1F)N2. The molecule has 1 nitrogen and oxygen atoms in total. The summed E-state index contributed by atoms with van der Waals surface area (Å²) in [6.07, 6.45) is 6.60. The van der Waals surface area contributed by atoms with Gasteiger partial charge in [-0.15, -0.1) is 0 Å². The summed E-state index contributed by atoms with van der Waals surface area (Å²) >= 11 is 0. The van der Waals surface area contributed by atoms with Crippen LogP contribution in [-0.4, -0.2) is 0 Å². The van der Waals surface area contributed by atoms with Crippen molar-refractivity contribution in [3.05, 3.63) is 77.1 Å². The van der Waals surface area contributed by atoms with Crippen molar-refractivity contribution in [1.29, 1.82) is 0 Å². The van der Waals surface area contributed by atoms with Crippen LogP contribution in [0.25, 0.3) is 0 Å². The van der Waals surface area contributed by atoms with E-state index in [4.69, 9.17) is 0 Å². The fourth-order valence-electron chi connectivity index (χ4n) is 3.90. The van der Waals surface area contributed by atoms with Gasteiger partial charge in [-0.2, -0.15) is 0 Å². The molecule has 1 N–H and O–H groups in total. The zero-order chi connectivity index (χ0) is 15.1. The molecule has 0 fully saturated rings. The van der Waals surface area contributed by atoms with Crippen LogP contribution in [0.4, 0.5) is 10.1 Å². The van der Waals surface area contributed by atoms with Gasteiger partial charge in [0, 0.05) is 17.2 Å². The van der Waals surface area contributed by atoms with Gasteiger partial charge in [0.1, 0.15) is 5.82 Å². The van der Waals surface area contributed by atoms with Crippen molar-refractivity contribution in [1.82, 2.24) is 0 Å². The molecule has 0 saturated heterocycles. The number of hydrogen-bond acceptors (Lipinski definition) is 1. The Morgan fingerprint density at radius 3 is 2.82 bits per heavy atom. The summed E-state index contributed by atoms with van der Waals surface area (Å²) in [6.45, 7) is 2.18. The monoisotopic (exact) mass is 293 g/mol. The number of benzene rings is 2. The third kappa shape index (κ3) is 2.06. The number of rotatable bonds is 2. The molecule has 1 aliphatic heterocycles. The normalized spacial score (nSPS) is 25.5. The number of halogens is 1. The molecule has 0 bridgehead atoms. The Balaban J connectivity index is 1.80. The number of anilines is 1. The number of fused-ring (bicyclic) bond motifs is 3. The predicted octanol–water partition coefficient (Wildman–Crippen LogP) is 5.21. The second-order valence-corrected chi connectivity index (χ2v) is 6.27. The standard InChI is InChI=1S/C20H20FN/c1-2-13-10-11-19-17(12-13)14-7-5-8-15(14)20(22-19)16-6-3-4-9-18(16)21/h3-7,9-12,14-15,20,22H,2,8H2,1H3/t14-,15+,20-/m1/s1. The fourth-order valence-corrected chi connectivity index (χ4v) is 3.90. The molecule has 2 aromatic carbocycles. The summed E-state index contributed by atoms with van der Waals surface area (Å²) < 4.78 is 14.3. The van der Waals surface area contributed by atoms with Crippen molar-refractivity contribution >= 4 is 5.69 Å². The van der Waals surface area contributed by atoms with Gasteiger partial charge in [0.05, 0.1) is 6.04 Å². The molecular weight excluding hydrogens is 273 g/mol. The molecule has 2 aromatic rings. The molecule has 112 valence electrons. The third-order valence-corrected chi connectivity index (χ3v) is 5.08. The Labute approximate surface area is 130 Å². The summed E-state index contributed by atoms with van der Waals surface area (Å²) in [7, 11) is 0. The van der Waals surface area contributed by atoms with E-state index < -0.39 is 0 Å². The van der Waals surface area contributed by atoms with Crippen molar-refractivity contribution in [2.75, 3.05) is 5.32 Å². The van der Waals surface area contributed by atoms with Crippen molar-refractivity contribution < 1.29 is 4.39 Å². The summed E-state index contributed by atoms with van der Waals surface area (Å²) in [5.74, 6) is 0.683. The predicted molar refractivity (Wildman–Crippen MR) is 88.6 cm³/mol. The van der Waals surface area contributed by atoms with Crippen molar-refractivity contribution in [2.45, 2.75) is 31.7 Å². The number of nitrogens with one attached hydrogen (secondary N) is 1. The van der Waals surface area contributed by atoms with E-state index in [-0.39, 0.29) is 11.9 Å². The second kappa shape index (κ2) is 5.28. The first-order valence-electron chi connectivity index (χ1n) is 8.08. The first-order chi connectivity index (χ1) is 10.8. The van der Waals surface area contributed by atoms with Crippen molar-refractivity contribution in [3.8, 4) is 0 Å². The van der Waals surface area contributed by atoms with Crippen LogP contribution in [0.1, 0.15) is 42.0 Å². The average Bonchev–Trinajstić information content (AvgIpc) is 3.04. The minimum absolute atomic E-state index is 0.0428. The molecular formula is C20H20FN. The van der Waals surface area contributed by atoms with E-state index in [2.05, 4.69) is 42.6 Å². The van der Waals surface area contributed by atoms with Gasteiger partial charge in [-0.05, 0) is 42.0 Å². The van der Waals surface area contributed by atoms with Crippen molar-refractivity contribution in [3.63, 3.8) is 0 Å². The highest BCUT2D eigenvalue weighted by molar-refractivity contribution is 5.60. The lowest BCUT2D eigenvalue weighted by Gasteiger charge is -2.37. The van der Waals surface area contributed by atoms with Gasteiger partial charge in [0.25, 0.3) is 0 Å². The molecule has 4 rings (SSSR count). The lowest BCUT2D eigenvalue weighted by molar-refractivity contribution is 0.413. The van der Waals surface area contributed by atoms with Crippen LogP contribution in [0.3, 0.4) is 0 Å². The maximum atomic E-state index is 14.3. The van der Waals surface area contributed by atoms with E-state index in [1.165, 1.54) is 11.1 Å². The smallest absolute Gasteiger partial charge is 0.128 e. The van der Waals surface area contributed by atoms with Crippen LogP contribution < -0.4 is 5.32 Å². The molecule has 0 radical (unpaired) electrons. The number of hydrogen-bond donors (Lipinski definition) is 1. The van der Waals surface area contributed by atoms with Gasteiger partial charge in [-0.25, -0.2) is 4.39 Å². The largest absolute Gasteiger partial charge is 0.378 e. The zero-order valence-corrected chi connectivity index (χ0v) is 12.7. The fraction of sp³-hybridized carbons (Fsp3) is 0.300. The molecule has 0 amide bonds. The molecule has 0 aromatic heterocycles. The van der Waals surface area contributed by atoms with E-state index in [9.17, 15) is 4.39 Å². The highest BCUT2D eigenvalue weighted by Gasteiger charge is 2.38. The summed E-state index contributed by atoms with van der Waals surface area (Å²) in [4.78, 5) is 0. The molecule has 0 saturated carbocycles.